The maximum atomic E-state index is 5.32. The summed E-state index contributed by atoms with van der Waals surface area (Å²) in [4.78, 5) is 2.67. The molecule has 2 aliphatic rings. The van der Waals surface area contributed by atoms with Gasteiger partial charge < -0.3 is 10.1 Å². The smallest absolute Gasteiger partial charge is 0.0589 e. The van der Waals surface area contributed by atoms with E-state index in [9.17, 15) is 0 Å². The van der Waals surface area contributed by atoms with Crippen molar-refractivity contribution in [3.8, 4) is 0 Å². The first-order valence-electron chi connectivity index (χ1n) is 9.27. The van der Waals surface area contributed by atoms with E-state index in [1.807, 2.05) is 7.11 Å². The van der Waals surface area contributed by atoms with Crippen molar-refractivity contribution in [2.45, 2.75) is 83.3 Å². The summed E-state index contributed by atoms with van der Waals surface area (Å²) in [6.07, 6.45) is 11.1. The van der Waals surface area contributed by atoms with E-state index < -0.39 is 0 Å². The minimum Gasteiger partial charge on any atom is -0.383 e. The average Bonchev–Trinajstić information content (AvgIpc) is 2.53. The SMILES string of the molecule is CCC(CC)N(CCOC)CC1CCC2CCCCC2N1. The molecule has 2 fully saturated rings. The quantitative estimate of drug-likeness (QED) is 0.742. The van der Waals surface area contributed by atoms with Crippen LogP contribution in [0.3, 0.4) is 0 Å². The molecule has 0 aromatic carbocycles. The Kier molecular flexibility index (Phi) is 7.48. The van der Waals surface area contributed by atoms with Gasteiger partial charge in [-0.05, 0) is 44.4 Å². The maximum Gasteiger partial charge on any atom is 0.0589 e. The Balaban J connectivity index is 1.86. The van der Waals surface area contributed by atoms with Crippen LogP contribution < -0.4 is 5.32 Å². The van der Waals surface area contributed by atoms with Gasteiger partial charge in [-0.25, -0.2) is 0 Å². The van der Waals surface area contributed by atoms with Crippen molar-refractivity contribution < 1.29 is 4.74 Å². The molecule has 0 spiro atoms. The Hall–Kier alpha value is -0.120. The minimum atomic E-state index is 0.696. The third-order valence-electron chi connectivity index (χ3n) is 5.74. The molecule has 1 saturated heterocycles. The van der Waals surface area contributed by atoms with E-state index in [0.717, 1.165) is 25.1 Å². The zero-order valence-corrected chi connectivity index (χ0v) is 14.4. The third kappa shape index (κ3) is 4.94. The zero-order valence-electron chi connectivity index (χ0n) is 14.4. The fourth-order valence-electron chi connectivity index (χ4n) is 4.44. The molecule has 0 radical (unpaired) electrons. The normalized spacial score (nSPS) is 29.9. The number of fused-ring (bicyclic) bond motifs is 1. The lowest BCUT2D eigenvalue weighted by Gasteiger charge is -2.43. The summed E-state index contributed by atoms with van der Waals surface area (Å²) in [5, 5.41) is 3.98. The van der Waals surface area contributed by atoms with E-state index in [0.29, 0.717) is 12.1 Å². The van der Waals surface area contributed by atoms with Crippen LogP contribution in [0.2, 0.25) is 0 Å². The van der Waals surface area contributed by atoms with Gasteiger partial charge in [-0.2, -0.15) is 0 Å². The maximum absolute atomic E-state index is 5.32. The van der Waals surface area contributed by atoms with Crippen LogP contribution in [0.1, 0.15) is 65.2 Å². The monoisotopic (exact) mass is 296 g/mol. The van der Waals surface area contributed by atoms with Gasteiger partial charge >= 0.3 is 0 Å². The highest BCUT2D eigenvalue weighted by Crippen LogP contribution is 2.32. The number of ether oxygens (including phenoxy) is 1. The molecular weight excluding hydrogens is 260 g/mol. The van der Waals surface area contributed by atoms with Gasteiger partial charge in [0.25, 0.3) is 0 Å². The van der Waals surface area contributed by atoms with Crippen molar-refractivity contribution in [2.75, 3.05) is 26.8 Å². The van der Waals surface area contributed by atoms with Crippen LogP contribution in [0.4, 0.5) is 0 Å². The van der Waals surface area contributed by atoms with Crippen molar-refractivity contribution >= 4 is 0 Å². The lowest BCUT2D eigenvalue weighted by Crippen LogP contribution is -2.54. The predicted octanol–water partition coefficient (Wildman–Crippen LogP) is 3.43. The first-order valence-corrected chi connectivity index (χ1v) is 9.27. The molecule has 3 heteroatoms. The van der Waals surface area contributed by atoms with Crippen molar-refractivity contribution in [1.29, 1.82) is 0 Å². The molecule has 21 heavy (non-hydrogen) atoms. The van der Waals surface area contributed by atoms with Crippen LogP contribution >= 0.6 is 0 Å². The number of piperidine rings is 1. The highest BCUT2D eigenvalue weighted by Gasteiger charge is 2.32. The Bertz CT molecular complexity index is 280. The number of nitrogens with one attached hydrogen (secondary N) is 1. The second kappa shape index (κ2) is 9.12. The van der Waals surface area contributed by atoms with Crippen LogP contribution in [0.5, 0.6) is 0 Å². The summed E-state index contributed by atoms with van der Waals surface area (Å²) in [6.45, 7) is 7.78. The van der Waals surface area contributed by atoms with Gasteiger partial charge in [0.05, 0.1) is 6.61 Å². The fourth-order valence-corrected chi connectivity index (χ4v) is 4.44. The van der Waals surface area contributed by atoms with E-state index in [4.69, 9.17) is 4.74 Å². The van der Waals surface area contributed by atoms with Gasteiger partial charge in [-0.1, -0.05) is 26.7 Å². The molecule has 3 unspecified atom stereocenters. The van der Waals surface area contributed by atoms with Crippen molar-refractivity contribution in [2.24, 2.45) is 5.92 Å². The predicted molar refractivity (Wildman–Crippen MR) is 89.7 cm³/mol. The molecule has 1 aliphatic carbocycles. The molecule has 1 N–H and O–H groups in total. The topological polar surface area (TPSA) is 24.5 Å². The van der Waals surface area contributed by atoms with Crippen LogP contribution in [-0.4, -0.2) is 49.8 Å². The lowest BCUT2D eigenvalue weighted by molar-refractivity contribution is 0.0873. The van der Waals surface area contributed by atoms with Gasteiger partial charge in [0, 0.05) is 38.3 Å². The molecular formula is C18H36N2O. The minimum absolute atomic E-state index is 0.696. The van der Waals surface area contributed by atoms with Gasteiger partial charge in [-0.3, -0.25) is 4.90 Å². The second-order valence-electron chi connectivity index (χ2n) is 7.05. The van der Waals surface area contributed by atoms with E-state index in [1.54, 1.807) is 0 Å². The Morgan fingerprint density at radius 1 is 1.10 bits per heavy atom. The highest BCUT2D eigenvalue weighted by molar-refractivity contribution is 4.91. The summed E-state index contributed by atoms with van der Waals surface area (Å²) in [6, 6.07) is 2.22. The molecule has 1 heterocycles. The zero-order chi connectivity index (χ0) is 15.1. The first kappa shape index (κ1) is 17.2. The fraction of sp³-hybridized carbons (Fsp3) is 1.00. The molecule has 124 valence electrons. The standard InChI is InChI=1S/C18H36N2O/c1-4-17(5-2)20(12-13-21-3)14-16-11-10-15-8-6-7-9-18(15)19-16/h15-19H,4-14H2,1-3H3. The van der Waals surface area contributed by atoms with Crippen molar-refractivity contribution in [3.05, 3.63) is 0 Å². The summed E-state index contributed by atoms with van der Waals surface area (Å²) < 4.78 is 5.32. The number of hydrogen-bond acceptors (Lipinski definition) is 3. The molecule has 3 nitrogen and oxygen atoms in total. The second-order valence-corrected chi connectivity index (χ2v) is 7.05. The number of rotatable bonds is 8. The van der Waals surface area contributed by atoms with Crippen LogP contribution in [0.25, 0.3) is 0 Å². The molecule has 1 saturated carbocycles. The van der Waals surface area contributed by atoms with E-state index in [-0.39, 0.29) is 0 Å². The van der Waals surface area contributed by atoms with Gasteiger partial charge in [0.15, 0.2) is 0 Å². The first-order chi connectivity index (χ1) is 10.3. The van der Waals surface area contributed by atoms with E-state index >= 15 is 0 Å². The summed E-state index contributed by atoms with van der Waals surface area (Å²) in [5.41, 5.74) is 0. The van der Waals surface area contributed by atoms with Crippen LogP contribution in [-0.2, 0) is 4.74 Å². The molecule has 3 atom stereocenters. The summed E-state index contributed by atoms with van der Waals surface area (Å²) in [7, 11) is 1.82. The van der Waals surface area contributed by atoms with Crippen molar-refractivity contribution in [1.82, 2.24) is 10.2 Å². The summed E-state index contributed by atoms with van der Waals surface area (Å²) >= 11 is 0. The summed E-state index contributed by atoms with van der Waals surface area (Å²) in [5.74, 6) is 0.968. The third-order valence-corrected chi connectivity index (χ3v) is 5.74. The Morgan fingerprint density at radius 3 is 2.57 bits per heavy atom. The number of nitrogens with zero attached hydrogens (tertiary/aromatic N) is 1. The Morgan fingerprint density at radius 2 is 1.86 bits per heavy atom. The molecule has 0 aromatic heterocycles. The molecule has 0 amide bonds. The van der Waals surface area contributed by atoms with Gasteiger partial charge in [0.2, 0.25) is 0 Å². The van der Waals surface area contributed by atoms with Gasteiger partial charge in [0.1, 0.15) is 0 Å². The van der Waals surface area contributed by atoms with Crippen molar-refractivity contribution in [3.63, 3.8) is 0 Å². The average molecular weight is 296 g/mol. The largest absolute Gasteiger partial charge is 0.383 e. The Labute approximate surface area is 131 Å². The molecule has 0 aromatic rings. The van der Waals surface area contributed by atoms with Crippen LogP contribution in [0, 0.1) is 5.92 Å². The molecule has 0 bridgehead atoms. The van der Waals surface area contributed by atoms with E-state index in [2.05, 4.69) is 24.1 Å². The lowest BCUT2D eigenvalue weighted by atomic mass is 9.77. The van der Waals surface area contributed by atoms with Gasteiger partial charge in [-0.15, -0.1) is 0 Å². The molecule has 2 rings (SSSR count). The van der Waals surface area contributed by atoms with Crippen LogP contribution in [0.15, 0.2) is 0 Å². The number of hydrogen-bond donors (Lipinski definition) is 1. The highest BCUT2D eigenvalue weighted by atomic mass is 16.5. The van der Waals surface area contributed by atoms with E-state index in [1.165, 1.54) is 57.9 Å². The molecule has 1 aliphatic heterocycles. The number of methoxy groups -OCH3 is 1.